The van der Waals surface area contributed by atoms with Gasteiger partial charge < -0.3 is 14.5 Å². The Kier molecular flexibility index (Phi) is 4.29. The van der Waals surface area contributed by atoms with E-state index < -0.39 is 5.97 Å². The van der Waals surface area contributed by atoms with Crippen LogP contribution >= 0.6 is 0 Å². The van der Waals surface area contributed by atoms with Crippen LogP contribution in [-0.4, -0.2) is 19.0 Å². The van der Waals surface area contributed by atoms with Gasteiger partial charge in [0.2, 0.25) is 5.91 Å². The third kappa shape index (κ3) is 3.27. The number of hydrogen-bond acceptors (Lipinski definition) is 4. The maximum Gasteiger partial charge on any atom is 0.337 e. The van der Waals surface area contributed by atoms with Crippen LogP contribution in [-0.2, 0) is 16.0 Å². The number of benzene rings is 2. The number of carbonyl (C=O) groups excluding carboxylic acids is 2. The summed E-state index contributed by atoms with van der Waals surface area (Å²) in [6.45, 7) is 0. The van der Waals surface area contributed by atoms with Gasteiger partial charge in [-0.3, -0.25) is 4.79 Å². The first-order chi connectivity index (χ1) is 11.6. The number of nitrogens with one attached hydrogen (secondary N) is 1. The molecule has 1 N–H and O–H groups in total. The summed E-state index contributed by atoms with van der Waals surface area (Å²) in [5, 5.41) is 3.29. The van der Waals surface area contributed by atoms with Gasteiger partial charge in [0, 0.05) is 16.6 Å². The molecule has 0 spiro atoms. The Bertz CT molecular complexity index is 899. The van der Waals surface area contributed by atoms with Crippen molar-refractivity contribution in [3.63, 3.8) is 0 Å². The average Bonchev–Trinajstić information content (AvgIpc) is 2.97. The number of carbonyl (C=O) groups is 2. The number of amides is 1. The lowest BCUT2D eigenvalue weighted by Crippen LogP contribution is -2.14. The standard InChI is InChI=1S/C18H14FNO4/c1-23-18(22)11-2-5-14(6-3-11)20-17(21)8-12-10-24-16-7-4-13(19)9-15(12)16/h2-7,9-10H,8H2,1H3,(H,20,21). The summed E-state index contributed by atoms with van der Waals surface area (Å²) in [5.74, 6) is -1.10. The molecule has 0 saturated carbocycles. The van der Waals surface area contributed by atoms with Gasteiger partial charge in [-0.05, 0) is 42.5 Å². The number of furan rings is 1. The van der Waals surface area contributed by atoms with Crippen LogP contribution in [0.25, 0.3) is 11.0 Å². The predicted molar refractivity (Wildman–Crippen MR) is 86.3 cm³/mol. The molecule has 2 aromatic carbocycles. The van der Waals surface area contributed by atoms with E-state index in [-0.39, 0.29) is 18.1 Å². The Labute approximate surface area is 137 Å². The van der Waals surface area contributed by atoms with Crippen LogP contribution in [0.3, 0.4) is 0 Å². The fraction of sp³-hybridized carbons (Fsp3) is 0.111. The average molecular weight is 327 g/mol. The summed E-state index contributed by atoms with van der Waals surface area (Å²) in [6.07, 6.45) is 1.50. The molecule has 0 bridgehead atoms. The second-order valence-electron chi connectivity index (χ2n) is 5.20. The molecular formula is C18H14FNO4. The van der Waals surface area contributed by atoms with Gasteiger partial charge in [0.15, 0.2) is 0 Å². The molecule has 0 aliphatic rings. The molecule has 1 heterocycles. The van der Waals surface area contributed by atoms with E-state index >= 15 is 0 Å². The fourth-order valence-electron chi connectivity index (χ4n) is 2.38. The lowest BCUT2D eigenvalue weighted by molar-refractivity contribution is -0.115. The molecule has 6 heteroatoms. The first-order valence-corrected chi connectivity index (χ1v) is 7.20. The molecule has 3 rings (SSSR count). The summed E-state index contributed by atoms with van der Waals surface area (Å²) in [5.41, 5.74) is 2.08. The zero-order valence-corrected chi connectivity index (χ0v) is 12.8. The van der Waals surface area contributed by atoms with Crippen LogP contribution < -0.4 is 5.32 Å². The van der Waals surface area contributed by atoms with Gasteiger partial charge in [0.25, 0.3) is 0 Å². The second kappa shape index (κ2) is 6.54. The summed E-state index contributed by atoms with van der Waals surface area (Å²) in [7, 11) is 1.30. The summed E-state index contributed by atoms with van der Waals surface area (Å²) in [6, 6.07) is 10.5. The van der Waals surface area contributed by atoms with Crippen molar-refractivity contribution in [2.75, 3.05) is 12.4 Å². The quantitative estimate of drug-likeness (QED) is 0.744. The molecule has 122 valence electrons. The van der Waals surface area contributed by atoms with Crippen molar-refractivity contribution in [1.29, 1.82) is 0 Å². The maximum absolute atomic E-state index is 13.3. The molecule has 0 saturated heterocycles. The highest BCUT2D eigenvalue weighted by atomic mass is 19.1. The minimum absolute atomic E-state index is 0.0508. The molecular weight excluding hydrogens is 313 g/mol. The van der Waals surface area contributed by atoms with E-state index in [2.05, 4.69) is 10.1 Å². The first kappa shape index (κ1) is 15.7. The van der Waals surface area contributed by atoms with Crippen molar-refractivity contribution in [3.05, 3.63) is 65.7 Å². The fourth-order valence-corrected chi connectivity index (χ4v) is 2.38. The molecule has 1 aromatic heterocycles. The lowest BCUT2D eigenvalue weighted by Gasteiger charge is -2.05. The zero-order valence-electron chi connectivity index (χ0n) is 12.8. The summed E-state index contributed by atoms with van der Waals surface area (Å²) in [4.78, 5) is 23.5. The molecule has 0 unspecified atom stereocenters. The number of methoxy groups -OCH3 is 1. The van der Waals surface area contributed by atoms with Gasteiger partial charge in [-0.25, -0.2) is 9.18 Å². The summed E-state index contributed by atoms with van der Waals surface area (Å²) < 4.78 is 23.3. The van der Waals surface area contributed by atoms with Crippen LogP contribution in [0.2, 0.25) is 0 Å². The number of anilines is 1. The number of rotatable bonds is 4. The normalized spacial score (nSPS) is 10.6. The van der Waals surface area contributed by atoms with Crippen molar-refractivity contribution >= 4 is 28.5 Å². The molecule has 24 heavy (non-hydrogen) atoms. The molecule has 0 atom stereocenters. The van der Waals surface area contributed by atoms with Crippen LogP contribution in [0.4, 0.5) is 10.1 Å². The third-order valence-electron chi connectivity index (χ3n) is 3.56. The monoisotopic (exact) mass is 327 g/mol. The Hall–Kier alpha value is -3.15. The van der Waals surface area contributed by atoms with Crippen molar-refractivity contribution < 1.29 is 23.1 Å². The van der Waals surface area contributed by atoms with E-state index in [4.69, 9.17) is 4.42 Å². The predicted octanol–water partition coefficient (Wildman–Crippen LogP) is 3.54. The Balaban J connectivity index is 1.71. The molecule has 0 aliphatic heterocycles. The Morgan fingerprint density at radius 1 is 1.17 bits per heavy atom. The first-order valence-electron chi connectivity index (χ1n) is 7.20. The number of hydrogen-bond donors (Lipinski definition) is 1. The molecule has 0 radical (unpaired) electrons. The minimum Gasteiger partial charge on any atom is -0.465 e. The van der Waals surface area contributed by atoms with E-state index in [0.717, 1.165) is 0 Å². The smallest absolute Gasteiger partial charge is 0.337 e. The van der Waals surface area contributed by atoms with Crippen molar-refractivity contribution in [1.82, 2.24) is 0 Å². The van der Waals surface area contributed by atoms with E-state index in [9.17, 15) is 14.0 Å². The topological polar surface area (TPSA) is 68.5 Å². The van der Waals surface area contributed by atoms with Crippen molar-refractivity contribution in [2.45, 2.75) is 6.42 Å². The maximum atomic E-state index is 13.3. The van der Waals surface area contributed by atoms with Crippen LogP contribution in [0.15, 0.2) is 53.1 Å². The van der Waals surface area contributed by atoms with E-state index in [1.807, 2.05) is 0 Å². The van der Waals surface area contributed by atoms with Crippen molar-refractivity contribution in [3.8, 4) is 0 Å². The highest BCUT2D eigenvalue weighted by Gasteiger charge is 2.12. The van der Waals surface area contributed by atoms with Gasteiger partial charge in [-0.15, -0.1) is 0 Å². The van der Waals surface area contributed by atoms with Crippen molar-refractivity contribution in [2.24, 2.45) is 0 Å². The Morgan fingerprint density at radius 3 is 2.62 bits per heavy atom. The van der Waals surface area contributed by atoms with E-state index in [0.29, 0.717) is 27.8 Å². The minimum atomic E-state index is -0.445. The molecule has 3 aromatic rings. The molecule has 1 amide bonds. The number of esters is 1. The van der Waals surface area contributed by atoms with E-state index in [1.165, 1.54) is 31.6 Å². The number of fused-ring (bicyclic) bond motifs is 1. The lowest BCUT2D eigenvalue weighted by atomic mass is 10.1. The zero-order chi connectivity index (χ0) is 17.1. The van der Waals surface area contributed by atoms with Gasteiger partial charge in [-0.2, -0.15) is 0 Å². The van der Waals surface area contributed by atoms with Crippen LogP contribution in [0.5, 0.6) is 0 Å². The Morgan fingerprint density at radius 2 is 1.92 bits per heavy atom. The SMILES string of the molecule is COC(=O)c1ccc(NC(=O)Cc2coc3ccc(F)cc23)cc1. The van der Waals surface area contributed by atoms with Gasteiger partial charge in [-0.1, -0.05) is 0 Å². The largest absolute Gasteiger partial charge is 0.465 e. The number of ether oxygens (including phenoxy) is 1. The van der Waals surface area contributed by atoms with Gasteiger partial charge in [0.05, 0.1) is 25.4 Å². The molecule has 5 nitrogen and oxygen atoms in total. The molecule has 0 fully saturated rings. The second-order valence-corrected chi connectivity index (χ2v) is 5.20. The summed E-state index contributed by atoms with van der Waals surface area (Å²) >= 11 is 0. The van der Waals surface area contributed by atoms with Crippen LogP contribution in [0, 0.1) is 5.82 Å². The van der Waals surface area contributed by atoms with E-state index in [1.54, 1.807) is 24.3 Å². The highest BCUT2D eigenvalue weighted by molar-refractivity contribution is 5.96. The third-order valence-corrected chi connectivity index (χ3v) is 3.56. The number of halogens is 1. The van der Waals surface area contributed by atoms with Gasteiger partial charge >= 0.3 is 5.97 Å². The van der Waals surface area contributed by atoms with Gasteiger partial charge in [0.1, 0.15) is 11.4 Å². The molecule has 0 aliphatic carbocycles. The van der Waals surface area contributed by atoms with Crippen LogP contribution in [0.1, 0.15) is 15.9 Å². The highest BCUT2D eigenvalue weighted by Crippen LogP contribution is 2.23.